The average molecular weight is 527 g/mol. The summed E-state index contributed by atoms with van der Waals surface area (Å²) in [6.07, 6.45) is 6.78. The number of hydrogen-bond acceptors (Lipinski definition) is 8. The molecule has 1 N–H and O–H groups in total. The Bertz CT molecular complexity index is 1290. The predicted molar refractivity (Wildman–Crippen MR) is 139 cm³/mol. The van der Waals surface area contributed by atoms with Crippen LogP contribution in [0.3, 0.4) is 0 Å². The van der Waals surface area contributed by atoms with Crippen molar-refractivity contribution in [1.29, 1.82) is 0 Å². The fourth-order valence-corrected chi connectivity index (χ4v) is 4.53. The lowest BCUT2D eigenvalue weighted by atomic mass is 10.1. The number of nitrogens with zero attached hydrogens (tertiary/aromatic N) is 3. The van der Waals surface area contributed by atoms with Crippen molar-refractivity contribution in [1.82, 2.24) is 14.9 Å². The fourth-order valence-electron chi connectivity index (χ4n) is 4.35. The van der Waals surface area contributed by atoms with Crippen LogP contribution < -0.4 is 10.1 Å². The third-order valence-electron chi connectivity index (χ3n) is 6.37. The van der Waals surface area contributed by atoms with Gasteiger partial charge in [-0.05, 0) is 43.2 Å². The molecule has 0 aliphatic carbocycles. The molecule has 0 amide bonds. The Labute approximate surface area is 219 Å². The van der Waals surface area contributed by atoms with Crippen molar-refractivity contribution in [2.45, 2.75) is 18.9 Å². The van der Waals surface area contributed by atoms with Crippen LogP contribution in [0.5, 0.6) is 5.75 Å². The van der Waals surface area contributed by atoms with Crippen LogP contribution in [0.1, 0.15) is 23.2 Å². The summed E-state index contributed by atoms with van der Waals surface area (Å²) < 4.78 is 30.8. The molecule has 194 valence electrons. The Morgan fingerprint density at radius 1 is 1.22 bits per heavy atom. The van der Waals surface area contributed by atoms with Gasteiger partial charge < -0.3 is 19.5 Å². The summed E-state index contributed by atoms with van der Waals surface area (Å²) >= 11 is 5.94. The number of carbonyl (C=O) groups is 1. The van der Waals surface area contributed by atoms with Gasteiger partial charge in [-0.15, -0.1) is 0 Å². The topological polar surface area (TPSA) is 85.8 Å². The summed E-state index contributed by atoms with van der Waals surface area (Å²) in [5, 5.41) is 3.77. The number of ether oxygens (including phenoxy) is 3. The van der Waals surface area contributed by atoms with E-state index < -0.39 is 5.82 Å². The second kappa shape index (κ2) is 12.0. The van der Waals surface area contributed by atoms with Crippen LogP contribution in [0.15, 0.2) is 48.8 Å². The zero-order chi connectivity index (χ0) is 25.6. The van der Waals surface area contributed by atoms with E-state index in [0.717, 1.165) is 32.5 Å². The second-order valence-corrected chi connectivity index (χ2v) is 9.37. The van der Waals surface area contributed by atoms with Gasteiger partial charge in [-0.1, -0.05) is 17.7 Å². The van der Waals surface area contributed by atoms with Crippen LogP contribution in [-0.2, 0) is 9.47 Å². The third kappa shape index (κ3) is 6.42. The first-order chi connectivity index (χ1) is 18.1. The van der Waals surface area contributed by atoms with E-state index in [1.54, 1.807) is 24.3 Å². The highest BCUT2D eigenvalue weighted by molar-refractivity contribution is 6.31. The van der Waals surface area contributed by atoms with E-state index in [2.05, 4.69) is 20.2 Å². The van der Waals surface area contributed by atoms with Crippen LogP contribution in [0.4, 0.5) is 15.9 Å². The molecule has 5 rings (SSSR count). The Kier molecular flexibility index (Phi) is 8.25. The Morgan fingerprint density at radius 3 is 2.86 bits per heavy atom. The normalized spacial score (nSPS) is 18.5. The van der Waals surface area contributed by atoms with Crippen LogP contribution in [0, 0.1) is 5.82 Å². The molecule has 1 aromatic heterocycles. The molecule has 2 aliphatic rings. The SMILES string of the molecule is O=C(C=CCN1CCOCC1)c1cc2c(Nc3ccc(F)c(Cl)c3)ncnc2cc1OCC1CCCO1. The van der Waals surface area contributed by atoms with Gasteiger partial charge in [-0.2, -0.15) is 0 Å². The number of aromatic nitrogens is 2. The summed E-state index contributed by atoms with van der Waals surface area (Å²) in [6.45, 7) is 4.81. The van der Waals surface area contributed by atoms with E-state index in [0.29, 0.717) is 60.1 Å². The quantitative estimate of drug-likeness (QED) is 0.314. The average Bonchev–Trinajstić information content (AvgIpc) is 3.44. The molecule has 2 aliphatic heterocycles. The largest absolute Gasteiger partial charge is 0.490 e. The molecule has 2 aromatic carbocycles. The molecular weight excluding hydrogens is 499 g/mol. The van der Waals surface area contributed by atoms with E-state index in [-0.39, 0.29) is 16.9 Å². The van der Waals surface area contributed by atoms with E-state index >= 15 is 0 Å². The molecule has 2 saturated heterocycles. The van der Waals surface area contributed by atoms with Crippen LogP contribution in [-0.4, -0.2) is 72.8 Å². The van der Waals surface area contributed by atoms with Crippen LogP contribution in [0.2, 0.25) is 5.02 Å². The summed E-state index contributed by atoms with van der Waals surface area (Å²) in [5.41, 5.74) is 1.56. The van der Waals surface area contributed by atoms with Gasteiger partial charge in [0.2, 0.25) is 0 Å². The highest BCUT2D eigenvalue weighted by atomic mass is 35.5. The molecule has 8 nitrogen and oxygen atoms in total. The number of benzene rings is 2. The lowest BCUT2D eigenvalue weighted by Crippen LogP contribution is -2.36. The Balaban J connectivity index is 1.44. The van der Waals surface area contributed by atoms with Crippen molar-refractivity contribution >= 4 is 39.8 Å². The van der Waals surface area contributed by atoms with Gasteiger partial charge in [0.25, 0.3) is 0 Å². The molecule has 37 heavy (non-hydrogen) atoms. The number of halogens is 2. The number of carbonyl (C=O) groups excluding carboxylic acids is 1. The molecule has 0 spiro atoms. The maximum absolute atomic E-state index is 13.6. The number of anilines is 2. The van der Waals surface area contributed by atoms with Crippen molar-refractivity contribution in [2.24, 2.45) is 0 Å². The van der Waals surface area contributed by atoms with Crippen molar-refractivity contribution in [3.63, 3.8) is 0 Å². The molecule has 1 unspecified atom stereocenters. The van der Waals surface area contributed by atoms with Gasteiger partial charge in [-0.3, -0.25) is 9.69 Å². The molecule has 0 bridgehead atoms. The first kappa shape index (κ1) is 25.5. The summed E-state index contributed by atoms with van der Waals surface area (Å²) in [7, 11) is 0. The van der Waals surface area contributed by atoms with E-state index in [9.17, 15) is 9.18 Å². The Morgan fingerprint density at radius 2 is 2.08 bits per heavy atom. The number of allylic oxidation sites excluding steroid dienone is 1. The zero-order valence-electron chi connectivity index (χ0n) is 20.3. The van der Waals surface area contributed by atoms with E-state index in [1.807, 2.05) is 6.08 Å². The summed E-state index contributed by atoms with van der Waals surface area (Å²) in [4.78, 5) is 24.3. The van der Waals surface area contributed by atoms with Crippen molar-refractivity contribution in [2.75, 3.05) is 51.4 Å². The molecule has 2 fully saturated rings. The maximum atomic E-state index is 13.6. The van der Waals surface area contributed by atoms with Crippen molar-refractivity contribution in [3.05, 3.63) is 65.2 Å². The van der Waals surface area contributed by atoms with E-state index in [1.165, 1.54) is 18.5 Å². The second-order valence-electron chi connectivity index (χ2n) is 8.97. The molecule has 0 radical (unpaired) electrons. The predicted octanol–water partition coefficient (Wildman–Crippen LogP) is 4.79. The highest BCUT2D eigenvalue weighted by Gasteiger charge is 2.20. The summed E-state index contributed by atoms with van der Waals surface area (Å²) in [6, 6.07) is 7.80. The summed E-state index contributed by atoms with van der Waals surface area (Å²) in [5.74, 6) is 0.213. The Hall–Kier alpha value is -3.11. The monoisotopic (exact) mass is 526 g/mol. The number of nitrogens with one attached hydrogen (secondary N) is 1. The smallest absolute Gasteiger partial charge is 0.189 e. The van der Waals surface area contributed by atoms with Gasteiger partial charge in [0.1, 0.15) is 30.3 Å². The van der Waals surface area contributed by atoms with Crippen LogP contribution >= 0.6 is 11.6 Å². The highest BCUT2D eigenvalue weighted by Crippen LogP contribution is 2.32. The molecule has 0 saturated carbocycles. The van der Waals surface area contributed by atoms with Gasteiger partial charge in [-0.25, -0.2) is 14.4 Å². The number of fused-ring (bicyclic) bond motifs is 1. The zero-order valence-corrected chi connectivity index (χ0v) is 21.0. The lowest BCUT2D eigenvalue weighted by molar-refractivity contribution is 0.0434. The molecule has 3 aromatic rings. The van der Waals surface area contributed by atoms with Crippen molar-refractivity contribution < 1.29 is 23.4 Å². The third-order valence-corrected chi connectivity index (χ3v) is 6.66. The number of ketones is 1. The minimum absolute atomic E-state index is 0.00126. The maximum Gasteiger partial charge on any atom is 0.189 e. The first-order valence-electron chi connectivity index (χ1n) is 12.3. The standard InChI is InChI=1S/C27H28ClFN4O4/c28-22-13-18(5-6-23(22)29)32-27-20-14-21(25(34)4-1-7-33-8-11-35-12-9-33)26(15-24(20)30-17-31-27)37-16-19-3-2-10-36-19/h1,4-6,13-15,17,19H,2-3,7-12,16H2,(H,30,31,32). The van der Waals surface area contributed by atoms with Gasteiger partial charge in [0.05, 0.1) is 35.4 Å². The minimum Gasteiger partial charge on any atom is -0.490 e. The molecule has 3 heterocycles. The van der Waals surface area contributed by atoms with Gasteiger partial charge in [0.15, 0.2) is 5.78 Å². The fraction of sp³-hybridized carbons (Fsp3) is 0.370. The number of morpholine rings is 1. The van der Waals surface area contributed by atoms with Crippen LogP contribution in [0.25, 0.3) is 10.9 Å². The molecular formula is C27H28ClFN4O4. The van der Waals surface area contributed by atoms with Gasteiger partial charge >= 0.3 is 0 Å². The number of hydrogen-bond donors (Lipinski definition) is 1. The molecule has 1 atom stereocenters. The first-order valence-corrected chi connectivity index (χ1v) is 12.7. The minimum atomic E-state index is -0.510. The molecule has 10 heteroatoms. The van der Waals surface area contributed by atoms with E-state index in [4.69, 9.17) is 25.8 Å². The lowest BCUT2D eigenvalue weighted by Gasteiger charge is -2.25. The van der Waals surface area contributed by atoms with Gasteiger partial charge in [0, 0.05) is 43.4 Å². The number of rotatable bonds is 9. The van der Waals surface area contributed by atoms with Crippen molar-refractivity contribution in [3.8, 4) is 5.75 Å².